The van der Waals surface area contributed by atoms with Gasteiger partial charge < -0.3 is 10.4 Å². The van der Waals surface area contributed by atoms with E-state index in [1.807, 2.05) is 18.2 Å². The van der Waals surface area contributed by atoms with Gasteiger partial charge in [-0.2, -0.15) is 0 Å². The van der Waals surface area contributed by atoms with Gasteiger partial charge in [-0.3, -0.25) is 0 Å². The molecule has 1 aromatic carbocycles. The lowest BCUT2D eigenvalue weighted by Crippen LogP contribution is -2.26. The number of aliphatic hydroxyl groups excluding tert-OH is 1. The molecule has 0 amide bonds. The van der Waals surface area contributed by atoms with Gasteiger partial charge in [-0.1, -0.05) is 30.7 Å². The molecule has 0 saturated heterocycles. The Morgan fingerprint density at radius 2 is 2.28 bits per heavy atom. The predicted octanol–water partition coefficient (Wildman–Crippen LogP) is 3.54. The van der Waals surface area contributed by atoms with Crippen LogP contribution >= 0.6 is 11.6 Å². The van der Waals surface area contributed by atoms with E-state index in [0.29, 0.717) is 12.0 Å². The molecule has 3 atom stereocenters. The zero-order valence-electron chi connectivity index (χ0n) is 10.9. The molecule has 1 fully saturated rings. The molecule has 2 nitrogen and oxygen atoms in total. The van der Waals surface area contributed by atoms with E-state index in [4.69, 9.17) is 11.6 Å². The smallest absolute Gasteiger partial charge is 0.0543 e. The second-order valence-corrected chi connectivity index (χ2v) is 5.69. The van der Waals surface area contributed by atoms with Crippen molar-refractivity contribution in [1.29, 1.82) is 0 Å². The minimum atomic E-state index is -0.0805. The number of nitrogens with one attached hydrogen (secondary N) is 1. The van der Waals surface area contributed by atoms with Crippen LogP contribution in [0, 0.1) is 5.92 Å². The Bertz CT molecular complexity index is 383. The Kier molecular flexibility index (Phi) is 5.04. The van der Waals surface area contributed by atoms with Gasteiger partial charge in [0.1, 0.15) is 0 Å². The molecular weight excluding hydrogens is 246 g/mol. The molecule has 0 radical (unpaired) electrons. The summed E-state index contributed by atoms with van der Waals surface area (Å²) in [6.07, 6.45) is 4.01. The molecule has 100 valence electrons. The van der Waals surface area contributed by atoms with Crippen LogP contribution in [-0.4, -0.2) is 17.8 Å². The maximum Gasteiger partial charge on any atom is 0.0543 e. The summed E-state index contributed by atoms with van der Waals surface area (Å²) >= 11 is 6.03. The summed E-state index contributed by atoms with van der Waals surface area (Å²) in [7, 11) is 0. The standard InChI is InChI=1S/C15H22ClNO/c1-2-15(12-4-3-5-13(16)9-12)17-10-11-6-7-14(18)8-11/h3-5,9,11,14-15,17-18H,2,6-8,10H2,1H3. The monoisotopic (exact) mass is 267 g/mol. The van der Waals surface area contributed by atoms with Gasteiger partial charge in [0.05, 0.1) is 6.10 Å². The first-order valence-electron chi connectivity index (χ1n) is 6.86. The fraction of sp³-hybridized carbons (Fsp3) is 0.600. The fourth-order valence-corrected chi connectivity index (χ4v) is 2.96. The minimum Gasteiger partial charge on any atom is -0.393 e. The highest BCUT2D eigenvalue weighted by molar-refractivity contribution is 6.30. The molecule has 2 N–H and O–H groups in total. The van der Waals surface area contributed by atoms with Gasteiger partial charge in [-0.05, 0) is 55.8 Å². The molecule has 18 heavy (non-hydrogen) atoms. The second kappa shape index (κ2) is 6.55. The lowest BCUT2D eigenvalue weighted by molar-refractivity contribution is 0.177. The third-order valence-electron chi connectivity index (χ3n) is 3.83. The number of aliphatic hydroxyl groups is 1. The quantitative estimate of drug-likeness (QED) is 0.855. The summed E-state index contributed by atoms with van der Waals surface area (Å²) in [5.41, 5.74) is 1.25. The Hall–Kier alpha value is -0.570. The van der Waals surface area contributed by atoms with Gasteiger partial charge in [-0.25, -0.2) is 0 Å². The Morgan fingerprint density at radius 1 is 1.44 bits per heavy atom. The average molecular weight is 268 g/mol. The zero-order chi connectivity index (χ0) is 13.0. The number of halogens is 1. The van der Waals surface area contributed by atoms with Crippen LogP contribution in [-0.2, 0) is 0 Å². The van der Waals surface area contributed by atoms with Crippen LogP contribution in [0.5, 0.6) is 0 Å². The van der Waals surface area contributed by atoms with Crippen LogP contribution < -0.4 is 5.32 Å². The topological polar surface area (TPSA) is 32.3 Å². The van der Waals surface area contributed by atoms with Gasteiger partial charge >= 0.3 is 0 Å². The van der Waals surface area contributed by atoms with E-state index in [2.05, 4.69) is 18.3 Å². The van der Waals surface area contributed by atoms with Crippen molar-refractivity contribution in [1.82, 2.24) is 5.32 Å². The maximum absolute atomic E-state index is 9.53. The lowest BCUT2D eigenvalue weighted by Gasteiger charge is -2.20. The summed E-state index contributed by atoms with van der Waals surface area (Å²) in [4.78, 5) is 0. The molecule has 0 aliphatic heterocycles. The molecular formula is C15H22ClNO. The molecule has 1 aliphatic rings. The third kappa shape index (κ3) is 3.71. The zero-order valence-corrected chi connectivity index (χ0v) is 11.7. The SMILES string of the molecule is CCC(NCC1CCC(O)C1)c1cccc(Cl)c1. The second-order valence-electron chi connectivity index (χ2n) is 5.26. The van der Waals surface area contributed by atoms with Crippen LogP contribution in [0.3, 0.4) is 0 Å². The van der Waals surface area contributed by atoms with Crippen LogP contribution in [0.15, 0.2) is 24.3 Å². The number of hydrogen-bond donors (Lipinski definition) is 2. The molecule has 3 heteroatoms. The van der Waals surface area contributed by atoms with Crippen molar-refractivity contribution < 1.29 is 5.11 Å². The number of benzene rings is 1. The van der Waals surface area contributed by atoms with Gasteiger partial charge in [-0.15, -0.1) is 0 Å². The van der Waals surface area contributed by atoms with Crippen LogP contribution in [0.2, 0.25) is 5.02 Å². The highest BCUT2D eigenvalue weighted by atomic mass is 35.5. The first kappa shape index (κ1) is 13.9. The van der Waals surface area contributed by atoms with Gasteiger partial charge in [0, 0.05) is 11.1 Å². The molecule has 1 aliphatic carbocycles. The highest BCUT2D eigenvalue weighted by Crippen LogP contribution is 2.26. The third-order valence-corrected chi connectivity index (χ3v) is 4.06. The van der Waals surface area contributed by atoms with Gasteiger partial charge in [0.25, 0.3) is 0 Å². The van der Waals surface area contributed by atoms with E-state index in [1.54, 1.807) is 0 Å². The predicted molar refractivity (Wildman–Crippen MR) is 75.8 cm³/mol. The van der Waals surface area contributed by atoms with Crippen molar-refractivity contribution in [2.75, 3.05) is 6.54 Å². The van der Waals surface area contributed by atoms with E-state index >= 15 is 0 Å². The highest BCUT2D eigenvalue weighted by Gasteiger charge is 2.23. The van der Waals surface area contributed by atoms with Crippen LogP contribution in [0.1, 0.15) is 44.2 Å². The summed E-state index contributed by atoms with van der Waals surface area (Å²) in [5.74, 6) is 0.619. The molecule has 0 bridgehead atoms. The largest absolute Gasteiger partial charge is 0.393 e. The minimum absolute atomic E-state index is 0.0805. The molecule has 0 aromatic heterocycles. The first-order chi connectivity index (χ1) is 8.69. The summed E-state index contributed by atoms with van der Waals surface area (Å²) < 4.78 is 0. The van der Waals surface area contributed by atoms with E-state index in [1.165, 1.54) is 5.56 Å². The van der Waals surface area contributed by atoms with Crippen LogP contribution in [0.4, 0.5) is 0 Å². The number of hydrogen-bond acceptors (Lipinski definition) is 2. The Balaban J connectivity index is 1.89. The average Bonchev–Trinajstić information content (AvgIpc) is 2.76. The van der Waals surface area contributed by atoms with E-state index < -0.39 is 0 Å². The van der Waals surface area contributed by atoms with Crippen molar-refractivity contribution in [2.24, 2.45) is 5.92 Å². The van der Waals surface area contributed by atoms with Gasteiger partial charge in [0.2, 0.25) is 0 Å². The van der Waals surface area contributed by atoms with Crippen molar-refractivity contribution in [2.45, 2.75) is 44.8 Å². The molecule has 0 heterocycles. The normalized spacial score (nSPS) is 25.3. The summed E-state index contributed by atoms with van der Waals surface area (Å²) in [6, 6.07) is 8.43. The van der Waals surface area contributed by atoms with E-state index in [-0.39, 0.29) is 6.10 Å². The van der Waals surface area contributed by atoms with E-state index in [9.17, 15) is 5.11 Å². The van der Waals surface area contributed by atoms with Crippen LogP contribution in [0.25, 0.3) is 0 Å². The molecule has 1 aromatic rings. The first-order valence-corrected chi connectivity index (χ1v) is 7.23. The Labute approximate surface area is 114 Å². The van der Waals surface area contributed by atoms with Crippen molar-refractivity contribution >= 4 is 11.6 Å². The lowest BCUT2D eigenvalue weighted by atomic mass is 10.0. The van der Waals surface area contributed by atoms with Crippen molar-refractivity contribution in [3.05, 3.63) is 34.9 Å². The summed E-state index contributed by atoms with van der Waals surface area (Å²) in [6.45, 7) is 3.17. The van der Waals surface area contributed by atoms with Crippen molar-refractivity contribution in [3.8, 4) is 0 Å². The molecule has 2 rings (SSSR count). The molecule has 0 spiro atoms. The number of rotatable bonds is 5. The summed E-state index contributed by atoms with van der Waals surface area (Å²) in [5, 5.41) is 13.9. The molecule has 3 unspecified atom stereocenters. The molecule has 1 saturated carbocycles. The van der Waals surface area contributed by atoms with E-state index in [0.717, 1.165) is 37.3 Å². The van der Waals surface area contributed by atoms with Gasteiger partial charge in [0.15, 0.2) is 0 Å². The Morgan fingerprint density at radius 3 is 2.89 bits per heavy atom. The fourth-order valence-electron chi connectivity index (χ4n) is 2.76. The van der Waals surface area contributed by atoms with Crippen molar-refractivity contribution in [3.63, 3.8) is 0 Å². The maximum atomic E-state index is 9.53.